The van der Waals surface area contributed by atoms with E-state index in [-0.39, 0.29) is 17.5 Å². The Balaban J connectivity index is 2.46. The van der Waals surface area contributed by atoms with Gasteiger partial charge in [0.1, 0.15) is 12.1 Å². The van der Waals surface area contributed by atoms with E-state index in [1.807, 2.05) is 50.4 Å². The van der Waals surface area contributed by atoms with E-state index in [9.17, 15) is 9.90 Å². The number of aliphatic hydroxyl groups is 1. The number of carbonyl (C=O) groups excluding carboxylic acids is 1. The van der Waals surface area contributed by atoms with Crippen LogP contribution in [0, 0.1) is 0 Å². The van der Waals surface area contributed by atoms with E-state index in [1.54, 1.807) is 25.4 Å². The van der Waals surface area contributed by atoms with Crippen LogP contribution < -0.4 is 4.90 Å². The second-order valence-corrected chi connectivity index (χ2v) is 7.30. The molecule has 0 spiro atoms. The second-order valence-electron chi connectivity index (χ2n) is 7.30. The third kappa shape index (κ3) is 6.27. The normalized spacial score (nSPS) is 12.6. The van der Waals surface area contributed by atoms with Crippen LogP contribution in [-0.4, -0.2) is 34.5 Å². The van der Waals surface area contributed by atoms with Crippen LogP contribution in [0.3, 0.4) is 0 Å². The molecule has 5 heteroatoms. The Labute approximate surface area is 178 Å². The minimum Gasteiger partial charge on any atom is -0.512 e. The minimum atomic E-state index is -0.190. The minimum absolute atomic E-state index is 0.115. The van der Waals surface area contributed by atoms with Crippen molar-refractivity contribution < 1.29 is 9.90 Å². The SMILES string of the molecule is C=C/C=C\C=C(/CC(C)=O)CN(C)c1ccc(C(C)C(=C)O)cc1-c1cncnc1. The second kappa shape index (κ2) is 10.9. The molecule has 1 aromatic carbocycles. The van der Waals surface area contributed by atoms with Crippen molar-refractivity contribution in [3.8, 4) is 11.1 Å². The van der Waals surface area contributed by atoms with E-state index in [0.717, 1.165) is 28.0 Å². The summed E-state index contributed by atoms with van der Waals surface area (Å²) in [5, 5.41) is 9.84. The van der Waals surface area contributed by atoms with Crippen LogP contribution in [0.4, 0.5) is 5.69 Å². The number of Topliss-reactive ketones (excluding diaryl/α,β-unsaturated/α-hetero) is 1. The molecule has 156 valence electrons. The zero-order valence-corrected chi connectivity index (χ0v) is 17.9. The van der Waals surface area contributed by atoms with Crippen molar-refractivity contribution in [1.82, 2.24) is 9.97 Å². The number of carbonyl (C=O) groups is 1. The number of benzene rings is 1. The van der Waals surface area contributed by atoms with Gasteiger partial charge in [-0.15, -0.1) is 0 Å². The number of allylic oxidation sites excluding steroid dienone is 5. The summed E-state index contributed by atoms with van der Waals surface area (Å²) in [5.41, 5.74) is 4.76. The maximum Gasteiger partial charge on any atom is 0.133 e. The Hall–Kier alpha value is -3.47. The summed E-state index contributed by atoms with van der Waals surface area (Å²) in [6, 6.07) is 6.03. The van der Waals surface area contributed by atoms with Crippen molar-refractivity contribution in [2.45, 2.75) is 26.2 Å². The summed E-state index contributed by atoms with van der Waals surface area (Å²) < 4.78 is 0. The quantitative estimate of drug-likeness (QED) is 0.425. The van der Waals surface area contributed by atoms with Crippen LogP contribution in [0.15, 0.2) is 85.7 Å². The number of aromatic nitrogens is 2. The topological polar surface area (TPSA) is 66.3 Å². The van der Waals surface area contributed by atoms with Crippen LogP contribution in [0.25, 0.3) is 11.1 Å². The summed E-state index contributed by atoms with van der Waals surface area (Å²) >= 11 is 0. The van der Waals surface area contributed by atoms with Gasteiger partial charge in [0.05, 0.1) is 5.76 Å². The number of likely N-dealkylation sites (N-methyl/N-ethyl adjacent to an activating group) is 1. The largest absolute Gasteiger partial charge is 0.512 e. The van der Waals surface area contributed by atoms with Gasteiger partial charge in [-0.3, -0.25) is 4.79 Å². The Morgan fingerprint density at radius 1 is 1.27 bits per heavy atom. The molecule has 0 bridgehead atoms. The molecule has 0 aliphatic heterocycles. The van der Waals surface area contributed by atoms with Gasteiger partial charge < -0.3 is 10.0 Å². The molecule has 1 aromatic heterocycles. The standard InChI is InChI=1S/C25H29N3O2/c1-6-7-8-9-21(12-18(2)29)16-28(5)25-11-10-22(19(3)20(4)30)13-24(25)23-14-26-17-27-15-23/h6-11,13-15,17,19,30H,1,4,12,16H2,2-3,5H3/b8-7-,21-9+. The van der Waals surface area contributed by atoms with Gasteiger partial charge in [0, 0.05) is 55.1 Å². The van der Waals surface area contributed by atoms with Gasteiger partial charge in [0.2, 0.25) is 0 Å². The van der Waals surface area contributed by atoms with Crippen molar-refractivity contribution >= 4 is 11.5 Å². The van der Waals surface area contributed by atoms with Crippen molar-refractivity contribution in [2.24, 2.45) is 0 Å². The van der Waals surface area contributed by atoms with Crippen molar-refractivity contribution in [2.75, 3.05) is 18.5 Å². The lowest BCUT2D eigenvalue weighted by molar-refractivity contribution is -0.116. The number of hydrogen-bond donors (Lipinski definition) is 1. The van der Waals surface area contributed by atoms with E-state index >= 15 is 0 Å². The molecule has 1 unspecified atom stereocenters. The highest BCUT2D eigenvalue weighted by Crippen LogP contribution is 2.34. The van der Waals surface area contributed by atoms with E-state index in [0.29, 0.717) is 13.0 Å². The van der Waals surface area contributed by atoms with E-state index in [1.165, 1.54) is 6.33 Å². The molecule has 2 aromatic rings. The zero-order chi connectivity index (χ0) is 22.1. The van der Waals surface area contributed by atoms with Crippen molar-refractivity contribution in [3.63, 3.8) is 0 Å². The third-order valence-corrected chi connectivity index (χ3v) is 4.80. The Morgan fingerprint density at radius 2 is 1.97 bits per heavy atom. The molecule has 0 fully saturated rings. The number of ketones is 1. The number of anilines is 1. The first kappa shape index (κ1) is 22.8. The summed E-state index contributed by atoms with van der Waals surface area (Å²) in [6.45, 7) is 11.4. The molecular weight excluding hydrogens is 374 g/mol. The van der Waals surface area contributed by atoms with Gasteiger partial charge in [-0.1, -0.05) is 50.5 Å². The Kier molecular flexibility index (Phi) is 8.29. The van der Waals surface area contributed by atoms with E-state index in [2.05, 4.69) is 28.0 Å². The molecule has 0 amide bonds. The average Bonchev–Trinajstić information content (AvgIpc) is 2.73. The molecule has 1 atom stereocenters. The molecule has 0 saturated heterocycles. The fourth-order valence-corrected chi connectivity index (χ4v) is 3.16. The zero-order valence-electron chi connectivity index (χ0n) is 17.9. The molecule has 1 N–H and O–H groups in total. The maximum absolute atomic E-state index is 11.7. The molecule has 2 rings (SSSR count). The number of rotatable bonds is 10. The third-order valence-electron chi connectivity index (χ3n) is 4.80. The molecule has 0 radical (unpaired) electrons. The monoisotopic (exact) mass is 403 g/mol. The molecule has 0 saturated carbocycles. The molecule has 5 nitrogen and oxygen atoms in total. The first-order valence-corrected chi connectivity index (χ1v) is 9.78. The summed E-state index contributed by atoms with van der Waals surface area (Å²) in [6.07, 6.45) is 12.8. The van der Waals surface area contributed by atoms with Crippen molar-refractivity contribution in [3.05, 3.63) is 91.3 Å². The predicted octanol–water partition coefficient (Wildman–Crippen LogP) is 5.40. The lowest BCUT2D eigenvalue weighted by Gasteiger charge is -2.25. The molecule has 1 heterocycles. The van der Waals surface area contributed by atoms with Gasteiger partial charge in [-0.25, -0.2) is 9.97 Å². The number of nitrogens with zero attached hydrogens (tertiary/aromatic N) is 3. The molecule has 30 heavy (non-hydrogen) atoms. The lowest BCUT2D eigenvalue weighted by Crippen LogP contribution is -2.22. The smallest absolute Gasteiger partial charge is 0.133 e. The highest BCUT2D eigenvalue weighted by molar-refractivity contribution is 5.80. The Morgan fingerprint density at radius 3 is 2.57 bits per heavy atom. The van der Waals surface area contributed by atoms with Gasteiger partial charge in [-0.05, 0) is 30.2 Å². The first-order valence-electron chi connectivity index (χ1n) is 9.78. The molecule has 0 aliphatic rings. The fourth-order valence-electron chi connectivity index (χ4n) is 3.16. The van der Waals surface area contributed by atoms with Crippen LogP contribution in [0.1, 0.15) is 31.7 Å². The highest BCUT2D eigenvalue weighted by atomic mass is 16.3. The molecule has 0 aliphatic carbocycles. The summed E-state index contributed by atoms with van der Waals surface area (Å²) in [7, 11) is 1.99. The van der Waals surface area contributed by atoms with E-state index in [4.69, 9.17) is 0 Å². The average molecular weight is 404 g/mol. The van der Waals surface area contributed by atoms with Gasteiger partial charge in [-0.2, -0.15) is 0 Å². The van der Waals surface area contributed by atoms with Crippen LogP contribution >= 0.6 is 0 Å². The van der Waals surface area contributed by atoms with Gasteiger partial charge in [0.15, 0.2) is 0 Å². The summed E-state index contributed by atoms with van der Waals surface area (Å²) in [5.74, 6) is 0.0426. The van der Waals surface area contributed by atoms with E-state index < -0.39 is 0 Å². The van der Waals surface area contributed by atoms with Crippen LogP contribution in [0.5, 0.6) is 0 Å². The summed E-state index contributed by atoms with van der Waals surface area (Å²) in [4.78, 5) is 22.1. The fraction of sp³-hybridized carbons (Fsp3) is 0.240. The number of aliphatic hydroxyl groups excluding tert-OH is 1. The van der Waals surface area contributed by atoms with Crippen LogP contribution in [0.2, 0.25) is 0 Å². The van der Waals surface area contributed by atoms with Crippen LogP contribution in [-0.2, 0) is 4.79 Å². The van der Waals surface area contributed by atoms with Crippen molar-refractivity contribution in [1.29, 1.82) is 0 Å². The highest BCUT2D eigenvalue weighted by Gasteiger charge is 2.16. The Bertz CT molecular complexity index is 962. The maximum atomic E-state index is 11.7. The number of hydrogen-bond acceptors (Lipinski definition) is 5. The molecular formula is C25H29N3O2. The first-order chi connectivity index (χ1) is 14.3. The van der Waals surface area contributed by atoms with Gasteiger partial charge >= 0.3 is 0 Å². The lowest BCUT2D eigenvalue weighted by atomic mass is 9.94. The predicted molar refractivity (Wildman–Crippen MR) is 124 cm³/mol. The van der Waals surface area contributed by atoms with Gasteiger partial charge in [0.25, 0.3) is 0 Å².